The van der Waals surface area contributed by atoms with Crippen molar-refractivity contribution in [2.75, 3.05) is 46.3 Å². The summed E-state index contributed by atoms with van der Waals surface area (Å²) in [5, 5.41) is 5.63. The molecule has 3 aromatic rings. The molecule has 0 aliphatic carbocycles. The number of amides is 1. The Balaban J connectivity index is 1.37. The Morgan fingerprint density at radius 3 is 2.44 bits per heavy atom. The molecule has 0 saturated carbocycles. The van der Waals surface area contributed by atoms with Crippen LogP contribution in [-0.2, 0) is 17.9 Å². The first-order chi connectivity index (χ1) is 16.6. The Labute approximate surface area is 205 Å². The van der Waals surface area contributed by atoms with Gasteiger partial charge in [-0.15, -0.1) is 0 Å². The van der Waals surface area contributed by atoms with Crippen molar-refractivity contribution in [3.05, 3.63) is 71.7 Å². The molecule has 0 N–H and O–H groups in total. The molecule has 0 spiro atoms. The third-order valence-electron chi connectivity index (χ3n) is 6.60. The summed E-state index contributed by atoms with van der Waals surface area (Å²) in [4.78, 5) is 23.8. The van der Waals surface area contributed by atoms with Gasteiger partial charge in [-0.05, 0) is 36.9 Å². The van der Waals surface area contributed by atoms with E-state index in [2.05, 4.69) is 21.8 Å². The van der Waals surface area contributed by atoms with Crippen molar-refractivity contribution in [3.8, 4) is 22.4 Å². The number of pyridine rings is 1. The lowest BCUT2D eigenvalue weighted by Gasteiger charge is -2.31. The summed E-state index contributed by atoms with van der Waals surface area (Å²) in [6.45, 7) is 6.88. The number of hydrogen-bond donors (Lipinski definition) is 0. The van der Waals surface area contributed by atoms with E-state index >= 15 is 0 Å². The summed E-state index contributed by atoms with van der Waals surface area (Å²) in [5.41, 5.74) is 5.04. The number of rotatable bonds is 5. The van der Waals surface area contributed by atoms with Gasteiger partial charge in [0.25, 0.3) is 0 Å². The van der Waals surface area contributed by atoms with Gasteiger partial charge in [-0.2, -0.15) is 5.10 Å². The minimum atomic E-state index is 0.0512. The molecule has 2 aromatic heterocycles. The Bertz CT molecular complexity index is 1170. The Morgan fingerprint density at radius 1 is 0.971 bits per heavy atom. The van der Waals surface area contributed by atoms with Crippen LogP contribution in [0.4, 0.5) is 0 Å². The smallest absolute Gasteiger partial charge is 0.246 e. The molecule has 5 rings (SSSR count). The van der Waals surface area contributed by atoms with Gasteiger partial charge in [0.05, 0.1) is 18.8 Å². The third kappa shape index (κ3) is 4.92. The van der Waals surface area contributed by atoms with Gasteiger partial charge < -0.3 is 9.80 Å². The highest BCUT2D eigenvalue weighted by Gasteiger charge is 2.27. The minimum absolute atomic E-state index is 0.0512. The van der Waals surface area contributed by atoms with Gasteiger partial charge in [0.15, 0.2) is 0 Å². The summed E-state index contributed by atoms with van der Waals surface area (Å²) < 4.78 is 2.04. The van der Waals surface area contributed by atoms with E-state index in [9.17, 15) is 4.79 Å². The molecule has 2 aliphatic rings. The first-order valence-electron chi connectivity index (χ1n) is 11.7. The lowest BCUT2D eigenvalue weighted by atomic mass is 9.99. The lowest BCUT2D eigenvalue weighted by Crippen LogP contribution is -2.44. The summed E-state index contributed by atoms with van der Waals surface area (Å²) in [5.74, 6) is 0.0512. The molecule has 4 heterocycles. The van der Waals surface area contributed by atoms with Crippen LogP contribution >= 0.6 is 11.6 Å². The highest BCUT2D eigenvalue weighted by atomic mass is 35.5. The van der Waals surface area contributed by atoms with E-state index in [4.69, 9.17) is 16.7 Å². The zero-order chi connectivity index (χ0) is 23.5. The Morgan fingerprint density at radius 2 is 1.71 bits per heavy atom. The number of halogens is 1. The van der Waals surface area contributed by atoms with Crippen molar-refractivity contribution in [1.82, 2.24) is 29.5 Å². The molecular weight excluding hydrogens is 448 g/mol. The molecular formula is C26H29ClN6O. The van der Waals surface area contributed by atoms with Crippen molar-refractivity contribution >= 4 is 17.5 Å². The average molecular weight is 477 g/mol. The van der Waals surface area contributed by atoms with Gasteiger partial charge >= 0.3 is 0 Å². The topological polar surface area (TPSA) is 57.5 Å². The molecule has 176 valence electrons. The molecule has 2 aliphatic heterocycles. The van der Waals surface area contributed by atoms with E-state index in [0.29, 0.717) is 24.7 Å². The number of likely N-dealkylation sites (N-methyl/N-ethyl adjacent to an activating group) is 1. The van der Waals surface area contributed by atoms with Crippen LogP contribution in [0.5, 0.6) is 0 Å². The number of benzene rings is 1. The maximum Gasteiger partial charge on any atom is 0.246 e. The zero-order valence-electron chi connectivity index (χ0n) is 19.4. The Hall–Kier alpha value is -3.00. The number of nitrogens with zero attached hydrogens (tertiary/aromatic N) is 6. The second-order valence-electron chi connectivity index (χ2n) is 8.90. The summed E-state index contributed by atoms with van der Waals surface area (Å²) >= 11 is 6.12. The average Bonchev–Trinajstić information content (AvgIpc) is 3.25. The van der Waals surface area contributed by atoms with E-state index < -0.39 is 0 Å². The van der Waals surface area contributed by atoms with E-state index in [1.54, 1.807) is 18.5 Å². The van der Waals surface area contributed by atoms with Gasteiger partial charge in [-0.1, -0.05) is 29.8 Å². The van der Waals surface area contributed by atoms with Gasteiger partial charge in [-0.3, -0.25) is 19.4 Å². The van der Waals surface area contributed by atoms with Gasteiger partial charge in [-0.25, -0.2) is 0 Å². The number of aromatic nitrogens is 3. The number of piperazine rings is 1. The largest absolute Gasteiger partial charge is 0.331 e. The standard InChI is InChI=1S/C26H29ClN6O/c1-30-13-15-31(16-14-30)12-2-3-24(34)32-17-18-33-23(19-32)25(20-8-10-28-11-9-20)26(29-33)21-4-6-22(27)7-5-21/h2-11H,12-19H2,1H3/b3-2+. The number of fused-ring (bicyclic) bond motifs is 1. The third-order valence-corrected chi connectivity index (χ3v) is 6.85. The molecule has 0 unspecified atom stereocenters. The maximum atomic E-state index is 13.0. The van der Waals surface area contributed by atoms with Crippen LogP contribution in [-0.4, -0.2) is 81.7 Å². The highest BCUT2D eigenvalue weighted by Crippen LogP contribution is 2.36. The van der Waals surface area contributed by atoms with Crippen LogP contribution in [0.2, 0.25) is 5.02 Å². The second kappa shape index (κ2) is 10.1. The van der Waals surface area contributed by atoms with E-state index in [-0.39, 0.29) is 5.91 Å². The molecule has 7 nitrogen and oxygen atoms in total. The van der Waals surface area contributed by atoms with Crippen molar-refractivity contribution in [3.63, 3.8) is 0 Å². The molecule has 0 radical (unpaired) electrons. The molecule has 0 atom stereocenters. The van der Waals surface area contributed by atoms with Crippen LogP contribution in [0.1, 0.15) is 5.69 Å². The van der Waals surface area contributed by atoms with E-state index in [1.807, 2.05) is 52.1 Å². The van der Waals surface area contributed by atoms with Crippen LogP contribution in [0.15, 0.2) is 60.9 Å². The summed E-state index contributed by atoms with van der Waals surface area (Å²) in [6.07, 6.45) is 7.31. The van der Waals surface area contributed by atoms with Crippen molar-refractivity contribution < 1.29 is 4.79 Å². The fourth-order valence-corrected chi connectivity index (χ4v) is 4.70. The maximum absolute atomic E-state index is 13.0. The van der Waals surface area contributed by atoms with Crippen LogP contribution < -0.4 is 0 Å². The van der Waals surface area contributed by atoms with Crippen LogP contribution in [0.25, 0.3) is 22.4 Å². The van der Waals surface area contributed by atoms with Gasteiger partial charge in [0.1, 0.15) is 5.69 Å². The first-order valence-corrected chi connectivity index (χ1v) is 12.1. The second-order valence-corrected chi connectivity index (χ2v) is 9.34. The summed E-state index contributed by atoms with van der Waals surface area (Å²) in [7, 11) is 2.15. The fraction of sp³-hybridized carbons (Fsp3) is 0.346. The molecule has 0 bridgehead atoms. The molecule has 1 fully saturated rings. The minimum Gasteiger partial charge on any atom is -0.331 e. The predicted octanol–water partition coefficient (Wildman–Crippen LogP) is 3.41. The monoisotopic (exact) mass is 476 g/mol. The number of carbonyl (C=O) groups is 1. The van der Waals surface area contributed by atoms with E-state index in [1.165, 1.54) is 0 Å². The fourth-order valence-electron chi connectivity index (χ4n) is 4.58. The molecule has 34 heavy (non-hydrogen) atoms. The molecule has 8 heteroatoms. The zero-order valence-corrected chi connectivity index (χ0v) is 20.2. The van der Waals surface area contributed by atoms with Gasteiger partial charge in [0, 0.05) is 73.9 Å². The number of hydrogen-bond acceptors (Lipinski definition) is 5. The van der Waals surface area contributed by atoms with Crippen LogP contribution in [0.3, 0.4) is 0 Å². The van der Waals surface area contributed by atoms with Crippen molar-refractivity contribution in [2.24, 2.45) is 0 Å². The number of carbonyl (C=O) groups excluding carboxylic acids is 1. The van der Waals surface area contributed by atoms with Crippen LogP contribution in [0, 0.1) is 0 Å². The normalized spacial score (nSPS) is 17.3. The Kier molecular flexibility index (Phi) is 6.76. The van der Waals surface area contributed by atoms with Crippen molar-refractivity contribution in [1.29, 1.82) is 0 Å². The molecule has 1 aromatic carbocycles. The predicted molar refractivity (Wildman–Crippen MR) is 134 cm³/mol. The quantitative estimate of drug-likeness (QED) is 0.528. The van der Waals surface area contributed by atoms with E-state index in [0.717, 1.165) is 60.8 Å². The molecule has 1 amide bonds. The first kappa shape index (κ1) is 22.8. The van der Waals surface area contributed by atoms with Crippen molar-refractivity contribution in [2.45, 2.75) is 13.1 Å². The SMILES string of the molecule is CN1CCN(C/C=C/C(=O)N2CCn3nc(-c4ccc(Cl)cc4)c(-c4ccncc4)c3C2)CC1. The highest BCUT2D eigenvalue weighted by molar-refractivity contribution is 6.30. The molecule has 1 saturated heterocycles. The lowest BCUT2D eigenvalue weighted by molar-refractivity contribution is -0.127. The van der Waals surface area contributed by atoms with Gasteiger partial charge in [0.2, 0.25) is 5.91 Å². The summed E-state index contributed by atoms with van der Waals surface area (Å²) in [6, 6.07) is 11.7.